The fraction of sp³-hybridized carbons (Fsp3) is 0.694. The number of hydrogen-bond donors (Lipinski definition) is 0. The molecule has 0 fully saturated rings. The Morgan fingerprint density at radius 1 is 0.160 bits per heavy atom. The first-order valence-electron chi connectivity index (χ1n) is 47.7. The molecule has 8 heterocycles. The molecule has 125 heavy (non-hydrogen) atoms. The summed E-state index contributed by atoms with van der Waals surface area (Å²) in [7, 11) is 0. The second-order valence-electron chi connectivity index (χ2n) is 43.5. The van der Waals surface area contributed by atoms with Gasteiger partial charge in [0.2, 0.25) is 0 Å². The highest BCUT2D eigenvalue weighted by molar-refractivity contribution is 5.27. The molecule has 8 rings (SSSR count). The minimum absolute atomic E-state index is 0.0381. The third-order valence-electron chi connectivity index (χ3n) is 17.5. The van der Waals surface area contributed by atoms with Gasteiger partial charge in [0.1, 0.15) is 11.6 Å². The lowest BCUT2D eigenvalue weighted by Gasteiger charge is -2.22. The molecule has 0 saturated carbocycles. The largest absolute Gasteiger partial charge is 0.260 e. The number of hydrogen-bond acceptors (Lipinski definition) is 14. The van der Waals surface area contributed by atoms with E-state index >= 15 is 0 Å². The predicted molar refractivity (Wildman–Crippen MR) is 557 cm³/mol. The molecular weight excluding hydrogens is 1530 g/mol. The Kier molecular flexibility index (Phi) is 65.4. The molecule has 0 radical (unpaired) electrons. The van der Waals surface area contributed by atoms with Crippen LogP contribution in [0.4, 0.5) is 0 Å². The molecule has 8 aromatic rings. The van der Waals surface area contributed by atoms with Crippen LogP contribution in [0.3, 0.4) is 0 Å². The van der Waals surface area contributed by atoms with Crippen molar-refractivity contribution in [3.05, 3.63) is 201 Å². The maximum atomic E-state index is 4.52. The molecule has 0 atom stereocenters. The molecule has 0 aromatic carbocycles. The van der Waals surface area contributed by atoms with Gasteiger partial charge in [-0.05, 0) is 92.7 Å². The van der Waals surface area contributed by atoms with Gasteiger partial charge in [-0.25, -0.2) is 19.9 Å². The smallest absolute Gasteiger partial charge is 0.133 e. The molecule has 0 N–H and O–H groups in total. The minimum atomic E-state index is 0.0381. The molecule has 14 nitrogen and oxygen atoms in total. The van der Waals surface area contributed by atoms with Gasteiger partial charge in [-0.15, -0.1) is 0 Å². The first-order valence-corrected chi connectivity index (χ1v) is 47.7. The van der Waals surface area contributed by atoms with Crippen LogP contribution in [0, 0.1) is 0 Å². The maximum Gasteiger partial charge on any atom is 0.133 e. The lowest BCUT2D eigenvalue weighted by molar-refractivity contribution is 0.527. The third kappa shape index (κ3) is 58.1. The van der Waals surface area contributed by atoms with Crippen LogP contribution in [-0.2, 0) is 70.4 Å². The molecular formula is C111H204N14. The zero-order valence-corrected chi connectivity index (χ0v) is 93.9. The van der Waals surface area contributed by atoms with Crippen molar-refractivity contribution in [2.45, 2.75) is 510 Å². The van der Waals surface area contributed by atoms with Gasteiger partial charge < -0.3 is 0 Å². The van der Waals surface area contributed by atoms with Crippen molar-refractivity contribution in [1.82, 2.24) is 70.2 Å². The van der Waals surface area contributed by atoms with E-state index in [9.17, 15) is 0 Å². The molecule has 8 aromatic heterocycles. The highest BCUT2D eigenvalue weighted by Crippen LogP contribution is 2.31. The highest BCUT2D eigenvalue weighted by atomic mass is 15.1. The SMILES string of the molecule is CC.CC.CC.CC.CC.CC.CC.CC.CC(C)(C)c1ccc(C(C)(C)C)nc1.CC(C)(C)c1ccc(C(C)(C)C)nc1.CC(C)(C)c1ccc(C(C)(C)C)nn1.CC(C)(C)c1cnc(C(C)(C)C)cn1.CC(C)(C)c1cnc(C(C)(C)C)nc1.CC(C)c1ccc(C(C)(C)C)nn1.CC(C)c1cnc(C(C)(C)C)cn1.CC(C)c1cnc(C(C)(C)C)nc1. The van der Waals surface area contributed by atoms with E-state index < -0.39 is 0 Å². The standard InChI is InChI=1S/2C13H21N.3C12H20N2.3C11H18N2.8C2H6/c2*1-12(2,3)10-7-8-11(14-9-10)13(4,5)6;1-11(2,3)9-7-14-10(8-13-9)12(4,5)6;1-11(2,3)9-7-13-10(14-8-9)12(4,5)6;1-11(2,3)9-7-8-10(14-13-9)12(4,5)6;1-8(2)9-6-13-10(7-12-9)11(3,4)5;1-8(2)9-6-12-10(13-7-9)11(3,4)5;1-8(2)9-6-7-10(13-12-9)11(3,4)5;8*1-2/h2*7-9H,1-6H3;3*7-8H,1-6H3;3*6-8H,1-5H3;8*1-2H3. The Labute approximate surface area is 777 Å². The fourth-order valence-corrected chi connectivity index (χ4v) is 9.00. The second kappa shape index (κ2) is 61.3. The number of aromatic nitrogens is 14. The van der Waals surface area contributed by atoms with Crippen LogP contribution in [0.1, 0.15) is 531 Å². The average molecular weight is 1730 g/mol. The van der Waals surface area contributed by atoms with E-state index in [1.807, 2.05) is 173 Å². The van der Waals surface area contributed by atoms with Crippen molar-refractivity contribution >= 4 is 0 Å². The Hall–Kier alpha value is -7.22. The Bertz CT molecular complexity index is 3150. The Balaban J connectivity index is -0.000000204. The van der Waals surface area contributed by atoms with E-state index in [0.29, 0.717) is 17.8 Å². The van der Waals surface area contributed by atoms with E-state index in [0.717, 1.165) is 68.6 Å². The summed E-state index contributed by atoms with van der Waals surface area (Å²) in [5, 5.41) is 16.9. The zero-order valence-electron chi connectivity index (χ0n) is 93.9. The fourth-order valence-electron chi connectivity index (χ4n) is 9.00. The van der Waals surface area contributed by atoms with Crippen LogP contribution in [0.25, 0.3) is 0 Å². The van der Waals surface area contributed by atoms with Crippen molar-refractivity contribution in [3.8, 4) is 0 Å². The monoisotopic (exact) mass is 1730 g/mol. The predicted octanol–water partition coefficient (Wildman–Crippen LogP) is 33.5. The maximum absolute atomic E-state index is 4.52. The summed E-state index contributed by atoms with van der Waals surface area (Å²) in [6.45, 7) is 129. The van der Waals surface area contributed by atoms with Gasteiger partial charge in [0.25, 0.3) is 0 Å². The number of nitrogens with zero attached hydrogens (tertiary/aromatic N) is 14. The first kappa shape index (κ1) is 133. The summed E-state index contributed by atoms with van der Waals surface area (Å²) in [4.78, 5) is 44.3. The van der Waals surface area contributed by atoms with E-state index in [1.165, 1.54) is 22.3 Å². The van der Waals surface area contributed by atoms with E-state index in [4.69, 9.17) is 0 Å². The van der Waals surface area contributed by atoms with E-state index in [1.54, 1.807) is 0 Å². The molecule has 0 bridgehead atoms. The Morgan fingerprint density at radius 2 is 0.368 bits per heavy atom. The van der Waals surface area contributed by atoms with Gasteiger partial charge in [0, 0.05) is 128 Å². The van der Waals surface area contributed by atoms with Crippen LogP contribution < -0.4 is 0 Å². The third-order valence-corrected chi connectivity index (χ3v) is 17.5. The normalized spacial score (nSPS) is 11.5. The van der Waals surface area contributed by atoms with Gasteiger partial charge in [-0.1, -0.05) is 434 Å². The van der Waals surface area contributed by atoms with Gasteiger partial charge in [-0.3, -0.25) is 29.9 Å². The van der Waals surface area contributed by atoms with Gasteiger partial charge >= 0.3 is 0 Å². The molecule has 0 aliphatic carbocycles. The van der Waals surface area contributed by atoms with Crippen molar-refractivity contribution in [2.75, 3.05) is 0 Å². The molecule has 0 spiro atoms. The number of pyridine rings is 2. The highest BCUT2D eigenvalue weighted by Gasteiger charge is 2.26. The van der Waals surface area contributed by atoms with Crippen molar-refractivity contribution in [3.63, 3.8) is 0 Å². The van der Waals surface area contributed by atoms with Crippen LogP contribution in [0.2, 0.25) is 0 Å². The summed E-state index contributed by atoms with van der Waals surface area (Å²) < 4.78 is 0. The van der Waals surface area contributed by atoms with Crippen LogP contribution in [-0.4, -0.2) is 70.2 Å². The van der Waals surface area contributed by atoms with Gasteiger partial charge in [-0.2, -0.15) is 20.4 Å². The molecule has 718 valence electrons. The molecule has 0 unspecified atom stereocenters. The summed E-state index contributed by atoms with van der Waals surface area (Å²) in [5.74, 6) is 3.25. The topological polar surface area (TPSA) is 180 Å². The first-order chi connectivity index (χ1) is 56.8. The minimum Gasteiger partial charge on any atom is -0.260 e. The molecule has 0 aliphatic heterocycles. The summed E-state index contributed by atoms with van der Waals surface area (Å²) in [6.07, 6.45) is 19.3. The van der Waals surface area contributed by atoms with Crippen LogP contribution in [0.15, 0.2) is 110 Å². The van der Waals surface area contributed by atoms with Crippen LogP contribution >= 0.6 is 0 Å². The van der Waals surface area contributed by atoms with Crippen molar-refractivity contribution in [2.24, 2.45) is 0 Å². The van der Waals surface area contributed by atoms with E-state index in [2.05, 4.69) is 430 Å². The molecule has 14 heteroatoms. The quantitative estimate of drug-likeness (QED) is 0.163. The molecule has 0 amide bonds. The van der Waals surface area contributed by atoms with Crippen molar-refractivity contribution < 1.29 is 0 Å². The zero-order chi connectivity index (χ0) is 101. The number of rotatable bonds is 3. The molecule has 0 aliphatic rings. The van der Waals surface area contributed by atoms with Crippen LogP contribution in [0.5, 0.6) is 0 Å². The lowest BCUT2D eigenvalue weighted by Crippen LogP contribution is -2.18. The Morgan fingerprint density at radius 3 is 0.536 bits per heavy atom. The van der Waals surface area contributed by atoms with Gasteiger partial charge in [0.15, 0.2) is 0 Å². The van der Waals surface area contributed by atoms with Gasteiger partial charge in [0.05, 0.1) is 45.6 Å². The van der Waals surface area contributed by atoms with Crippen molar-refractivity contribution in [1.29, 1.82) is 0 Å². The summed E-state index contributed by atoms with van der Waals surface area (Å²) in [5.41, 5.74) is 17.2. The summed E-state index contributed by atoms with van der Waals surface area (Å²) in [6, 6.07) is 16.9. The lowest BCUT2D eigenvalue weighted by atomic mass is 9.86. The molecule has 0 saturated heterocycles. The average Bonchev–Trinajstić information content (AvgIpc) is 0.868. The van der Waals surface area contributed by atoms with E-state index in [-0.39, 0.29) is 70.4 Å². The summed E-state index contributed by atoms with van der Waals surface area (Å²) >= 11 is 0. The second-order valence-corrected chi connectivity index (χ2v) is 43.5.